The zero-order valence-corrected chi connectivity index (χ0v) is 10.7. The van der Waals surface area contributed by atoms with E-state index in [1.165, 1.54) is 24.3 Å². The number of carboxylic acid groups (broad SMARTS) is 1. The van der Waals surface area contributed by atoms with Crippen LogP contribution in [0.2, 0.25) is 0 Å². The zero-order valence-electron chi connectivity index (χ0n) is 6.17. The number of aliphatic carboxylic acids is 1. The van der Waals surface area contributed by atoms with E-state index in [0.717, 1.165) is 6.92 Å². The average molecular weight is 451 g/mol. The molecule has 0 atom stereocenters. The number of hydrogen-bond donors (Lipinski definition) is 0. The van der Waals surface area contributed by atoms with E-state index in [1.54, 1.807) is 0 Å². The summed E-state index contributed by atoms with van der Waals surface area (Å²) in [6.07, 6.45) is 2.93. The fourth-order valence-electron chi connectivity index (χ4n) is 0.510. The molecular formula is C6H11AuO2PdS. The molecule has 5 heteroatoms. The van der Waals surface area contributed by atoms with Gasteiger partial charge >= 0.3 is 22.4 Å². The molecule has 11 heavy (non-hydrogen) atoms. The van der Waals surface area contributed by atoms with Gasteiger partial charge in [0.05, 0.1) is 0 Å². The van der Waals surface area contributed by atoms with Gasteiger partial charge in [-0.2, -0.15) is 11.8 Å². The molecule has 0 aliphatic carbocycles. The zero-order chi connectivity index (χ0) is 7.11. The summed E-state index contributed by atoms with van der Waals surface area (Å²) >= 11 is 2.07. The number of carbonyl (C=O) groups is 1. The van der Waals surface area contributed by atoms with E-state index >= 15 is 0 Å². The molecule has 0 aromatic rings. The van der Waals surface area contributed by atoms with Gasteiger partial charge in [-0.05, 0) is 31.3 Å². The van der Waals surface area contributed by atoms with Crippen molar-refractivity contribution in [3.05, 3.63) is 0 Å². The van der Waals surface area contributed by atoms with Gasteiger partial charge in [-0.1, -0.05) is 0 Å². The van der Waals surface area contributed by atoms with E-state index in [0.29, 0.717) is 0 Å². The Morgan fingerprint density at radius 3 is 1.73 bits per heavy atom. The van der Waals surface area contributed by atoms with Crippen LogP contribution in [-0.2, 0) is 47.6 Å². The summed E-state index contributed by atoms with van der Waals surface area (Å²) in [5.74, 6) is 1.75. The predicted molar refractivity (Wildman–Crippen MR) is 37.2 cm³/mol. The monoisotopic (exact) mass is 450 g/mol. The van der Waals surface area contributed by atoms with E-state index in [2.05, 4.69) is 11.8 Å². The quantitative estimate of drug-likeness (QED) is 0.498. The maximum absolute atomic E-state index is 8.89. The predicted octanol–water partition coefficient (Wildman–Crippen LogP) is 0.265. The van der Waals surface area contributed by atoms with Crippen LogP contribution in [0.15, 0.2) is 0 Å². The first-order valence-electron chi connectivity index (χ1n) is 2.99. The van der Waals surface area contributed by atoms with E-state index in [1.807, 2.05) is 0 Å². The van der Waals surface area contributed by atoms with Crippen molar-refractivity contribution >= 4 is 17.7 Å². The average Bonchev–Trinajstić information content (AvgIpc) is 2.11. The maximum atomic E-state index is 8.89. The summed E-state index contributed by atoms with van der Waals surface area (Å²) in [5.41, 5.74) is 0. The summed E-state index contributed by atoms with van der Waals surface area (Å²) in [6.45, 7) is 0.972. The maximum Gasteiger partial charge on any atom is 1.00 e. The second-order valence-electron chi connectivity index (χ2n) is 1.81. The van der Waals surface area contributed by atoms with Crippen molar-refractivity contribution in [3.63, 3.8) is 0 Å². The van der Waals surface area contributed by atoms with E-state index in [-0.39, 0.29) is 42.8 Å². The molecule has 0 unspecified atom stereocenters. The Morgan fingerprint density at radius 1 is 1.36 bits per heavy atom. The summed E-state index contributed by atoms with van der Waals surface area (Å²) in [5, 5.41) is 8.89. The first-order chi connectivity index (χ1) is 4.23. The Hall–Kier alpha value is 1.22. The fraction of sp³-hybridized carbons (Fsp3) is 0.833. The van der Waals surface area contributed by atoms with Crippen molar-refractivity contribution in [1.29, 1.82) is 0 Å². The van der Waals surface area contributed by atoms with Crippen molar-refractivity contribution in [2.75, 3.05) is 11.5 Å². The van der Waals surface area contributed by atoms with Crippen LogP contribution >= 0.6 is 11.8 Å². The van der Waals surface area contributed by atoms with Gasteiger partial charge in [0, 0.05) is 26.4 Å². The van der Waals surface area contributed by atoms with Crippen LogP contribution in [0.25, 0.3) is 0 Å². The van der Waals surface area contributed by atoms with Gasteiger partial charge in [0.1, 0.15) is 0 Å². The molecule has 0 aromatic heterocycles. The standard InChI is InChI=1S/C4H8S.C2H4O2.Au.Pd/c1-2-4-5-3-1;1-2(3)4;;/h1-4H2;1H3,(H,3,4);;/q;;+1;/p-1. The van der Waals surface area contributed by atoms with E-state index in [4.69, 9.17) is 9.90 Å². The second kappa shape index (κ2) is 13.8. The third kappa shape index (κ3) is 24.7. The minimum atomic E-state index is -1.08. The molecule has 0 amide bonds. The van der Waals surface area contributed by atoms with E-state index < -0.39 is 5.97 Å². The molecule has 0 N–H and O–H groups in total. The number of rotatable bonds is 0. The Kier molecular flexibility index (Phi) is 22.7. The molecule has 1 fully saturated rings. The third-order valence-electron chi connectivity index (χ3n) is 0.827. The topological polar surface area (TPSA) is 40.1 Å². The first kappa shape index (κ1) is 18.1. The molecule has 1 rings (SSSR count). The molecule has 1 heterocycles. The molecule has 2 nitrogen and oxygen atoms in total. The second-order valence-corrected chi connectivity index (χ2v) is 3.04. The molecule has 1 aliphatic rings. The van der Waals surface area contributed by atoms with Crippen LogP contribution in [0.3, 0.4) is 0 Å². The molecule has 0 aromatic carbocycles. The summed E-state index contributed by atoms with van der Waals surface area (Å²) in [7, 11) is 0. The summed E-state index contributed by atoms with van der Waals surface area (Å²) in [6, 6.07) is 0. The van der Waals surface area contributed by atoms with Crippen LogP contribution in [0.5, 0.6) is 0 Å². The summed E-state index contributed by atoms with van der Waals surface area (Å²) in [4.78, 5) is 8.89. The first-order valence-corrected chi connectivity index (χ1v) is 4.14. The van der Waals surface area contributed by atoms with Crippen molar-refractivity contribution in [2.45, 2.75) is 19.8 Å². The van der Waals surface area contributed by atoms with Gasteiger partial charge in [0.2, 0.25) is 0 Å². The fourth-order valence-corrected chi connectivity index (χ4v) is 1.53. The molecule has 0 radical (unpaired) electrons. The van der Waals surface area contributed by atoms with Gasteiger partial charge in [0.25, 0.3) is 0 Å². The van der Waals surface area contributed by atoms with Crippen LogP contribution in [0.1, 0.15) is 19.8 Å². The molecule has 0 bridgehead atoms. The smallest absolute Gasteiger partial charge is 0.550 e. The van der Waals surface area contributed by atoms with Gasteiger partial charge in [-0.3, -0.25) is 0 Å². The minimum Gasteiger partial charge on any atom is -0.550 e. The molecular weight excluding hydrogens is 440 g/mol. The molecule has 0 spiro atoms. The largest absolute Gasteiger partial charge is 1.00 e. The van der Waals surface area contributed by atoms with Crippen molar-refractivity contribution < 1.29 is 52.7 Å². The van der Waals surface area contributed by atoms with E-state index in [9.17, 15) is 0 Å². The van der Waals surface area contributed by atoms with Crippen molar-refractivity contribution in [3.8, 4) is 0 Å². The number of carbonyl (C=O) groups excluding carboxylic acids is 1. The van der Waals surface area contributed by atoms with Gasteiger partial charge in [0.15, 0.2) is 0 Å². The molecule has 74 valence electrons. The normalized spacial score (nSPS) is 13.2. The number of hydrogen-bond acceptors (Lipinski definition) is 3. The van der Waals surface area contributed by atoms with Crippen molar-refractivity contribution in [1.82, 2.24) is 0 Å². The molecule has 1 saturated heterocycles. The Morgan fingerprint density at radius 2 is 1.64 bits per heavy atom. The van der Waals surface area contributed by atoms with Gasteiger partial charge in [-0.15, -0.1) is 0 Å². The van der Waals surface area contributed by atoms with Crippen LogP contribution in [-0.4, -0.2) is 17.5 Å². The Labute approximate surface area is 101 Å². The van der Waals surface area contributed by atoms with Crippen LogP contribution in [0.4, 0.5) is 0 Å². The molecule has 0 saturated carbocycles. The number of thioether (sulfide) groups is 1. The van der Waals surface area contributed by atoms with Crippen LogP contribution in [0, 0.1) is 0 Å². The Bertz CT molecular complexity index is 77.0. The minimum absolute atomic E-state index is 0. The van der Waals surface area contributed by atoms with Crippen LogP contribution < -0.4 is 5.11 Å². The number of carboxylic acids is 1. The van der Waals surface area contributed by atoms with Gasteiger partial charge in [-0.25, -0.2) is 0 Å². The molecule has 1 aliphatic heterocycles. The Balaban J connectivity index is -0.000000101. The summed E-state index contributed by atoms with van der Waals surface area (Å²) < 4.78 is 0. The third-order valence-corrected chi connectivity index (χ3v) is 1.98. The SMILES string of the molecule is C1CCSC1.CC(=O)[O-].[Au+].[Pd]. The van der Waals surface area contributed by atoms with Gasteiger partial charge < -0.3 is 9.90 Å². The van der Waals surface area contributed by atoms with Crippen molar-refractivity contribution in [2.24, 2.45) is 0 Å².